The van der Waals surface area contributed by atoms with Crippen molar-refractivity contribution in [2.75, 3.05) is 12.4 Å². The first-order valence-electron chi connectivity index (χ1n) is 6.84. The number of methoxy groups -OCH3 is 1. The van der Waals surface area contributed by atoms with Crippen molar-refractivity contribution in [3.8, 4) is 5.75 Å². The molecule has 0 saturated heterocycles. The molecule has 0 aliphatic rings. The lowest BCUT2D eigenvalue weighted by atomic mass is 10.1. The van der Waals surface area contributed by atoms with Gasteiger partial charge in [0.05, 0.1) is 7.11 Å². The molecule has 0 atom stereocenters. The number of nitrogens with one attached hydrogen (secondary N) is 2. The number of urea groups is 1. The number of carbonyl (C=O) groups excluding carboxylic acids is 1. The van der Waals surface area contributed by atoms with Crippen LogP contribution in [0.3, 0.4) is 0 Å². The van der Waals surface area contributed by atoms with E-state index in [4.69, 9.17) is 4.74 Å². The monoisotopic (exact) mass is 284 g/mol. The summed E-state index contributed by atoms with van der Waals surface area (Å²) in [4.78, 5) is 11.9. The molecule has 4 nitrogen and oxygen atoms in total. The summed E-state index contributed by atoms with van der Waals surface area (Å²) < 4.78 is 5.25. The van der Waals surface area contributed by atoms with Crippen LogP contribution in [0.4, 0.5) is 10.5 Å². The fourth-order valence-electron chi connectivity index (χ4n) is 2.02. The molecule has 4 heteroatoms. The SMILES string of the molecule is COc1ccccc1CNC(=O)Nc1ccc(C)c(C)c1. The third-order valence-electron chi connectivity index (χ3n) is 3.40. The highest BCUT2D eigenvalue weighted by Gasteiger charge is 2.05. The Bertz CT molecular complexity index is 638. The molecule has 21 heavy (non-hydrogen) atoms. The third kappa shape index (κ3) is 3.99. The second-order valence-electron chi connectivity index (χ2n) is 4.92. The Morgan fingerprint density at radius 2 is 1.86 bits per heavy atom. The fourth-order valence-corrected chi connectivity index (χ4v) is 2.02. The second-order valence-corrected chi connectivity index (χ2v) is 4.92. The van der Waals surface area contributed by atoms with E-state index in [9.17, 15) is 4.79 Å². The maximum atomic E-state index is 11.9. The average molecular weight is 284 g/mol. The molecule has 0 aliphatic heterocycles. The second kappa shape index (κ2) is 6.79. The predicted octanol–water partition coefficient (Wildman–Crippen LogP) is 3.63. The first-order chi connectivity index (χ1) is 10.1. The Hall–Kier alpha value is -2.49. The summed E-state index contributed by atoms with van der Waals surface area (Å²) in [7, 11) is 1.62. The van der Waals surface area contributed by atoms with E-state index in [2.05, 4.69) is 10.6 Å². The molecule has 0 spiro atoms. The highest BCUT2D eigenvalue weighted by Crippen LogP contribution is 2.17. The summed E-state index contributed by atoms with van der Waals surface area (Å²) >= 11 is 0. The fraction of sp³-hybridized carbons (Fsp3) is 0.235. The molecule has 2 aromatic carbocycles. The van der Waals surface area contributed by atoms with Crippen molar-refractivity contribution >= 4 is 11.7 Å². The Kier molecular flexibility index (Phi) is 4.82. The lowest BCUT2D eigenvalue weighted by Gasteiger charge is -2.11. The molecule has 110 valence electrons. The van der Waals surface area contributed by atoms with E-state index >= 15 is 0 Å². The van der Waals surface area contributed by atoms with Gasteiger partial charge in [-0.3, -0.25) is 0 Å². The van der Waals surface area contributed by atoms with Gasteiger partial charge in [-0.1, -0.05) is 24.3 Å². The molecule has 0 fully saturated rings. The number of hydrogen-bond donors (Lipinski definition) is 2. The van der Waals surface area contributed by atoms with Gasteiger partial charge in [0, 0.05) is 17.8 Å². The zero-order valence-corrected chi connectivity index (χ0v) is 12.6. The predicted molar refractivity (Wildman–Crippen MR) is 84.8 cm³/mol. The number of anilines is 1. The van der Waals surface area contributed by atoms with Crippen LogP contribution >= 0.6 is 0 Å². The van der Waals surface area contributed by atoms with Crippen molar-refractivity contribution in [2.45, 2.75) is 20.4 Å². The van der Waals surface area contributed by atoms with E-state index < -0.39 is 0 Å². The van der Waals surface area contributed by atoms with E-state index in [1.54, 1.807) is 7.11 Å². The maximum Gasteiger partial charge on any atom is 0.319 e. The summed E-state index contributed by atoms with van der Waals surface area (Å²) in [6.45, 7) is 4.48. The van der Waals surface area contributed by atoms with Crippen LogP contribution in [-0.2, 0) is 6.54 Å². The molecule has 0 heterocycles. The Labute approximate surface area is 125 Å². The molecule has 2 N–H and O–H groups in total. The van der Waals surface area contributed by atoms with E-state index in [0.29, 0.717) is 6.54 Å². The average Bonchev–Trinajstić information content (AvgIpc) is 2.49. The standard InChI is InChI=1S/C17H20N2O2/c1-12-8-9-15(10-13(12)2)19-17(20)18-11-14-6-4-5-7-16(14)21-3/h4-10H,11H2,1-3H3,(H2,18,19,20). The van der Waals surface area contributed by atoms with E-state index in [0.717, 1.165) is 22.6 Å². The van der Waals surface area contributed by atoms with Gasteiger partial charge in [-0.15, -0.1) is 0 Å². The topological polar surface area (TPSA) is 50.4 Å². The van der Waals surface area contributed by atoms with Gasteiger partial charge in [0.25, 0.3) is 0 Å². The smallest absolute Gasteiger partial charge is 0.319 e. The molecule has 2 amide bonds. The minimum Gasteiger partial charge on any atom is -0.496 e. The lowest BCUT2D eigenvalue weighted by molar-refractivity contribution is 0.251. The molecule has 0 bridgehead atoms. The highest BCUT2D eigenvalue weighted by atomic mass is 16.5. The summed E-state index contributed by atoms with van der Waals surface area (Å²) in [6, 6.07) is 13.2. The molecule has 2 rings (SSSR count). The van der Waals surface area contributed by atoms with Crippen LogP contribution in [-0.4, -0.2) is 13.1 Å². The zero-order valence-electron chi connectivity index (χ0n) is 12.6. The summed E-state index contributed by atoms with van der Waals surface area (Å²) in [5.41, 5.74) is 4.08. The highest BCUT2D eigenvalue weighted by molar-refractivity contribution is 5.89. The first kappa shape index (κ1) is 14.9. The summed E-state index contributed by atoms with van der Waals surface area (Å²) in [6.07, 6.45) is 0. The number of para-hydroxylation sites is 1. The summed E-state index contributed by atoms with van der Waals surface area (Å²) in [5, 5.41) is 5.65. The van der Waals surface area contributed by atoms with Crippen LogP contribution in [0.25, 0.3) is 0 Å². The minimum atomic E-state index is -0.232. The van der Waals surface area contributed by atoms with Crippen molar-refractivity contribution in [3.63, 3.8) is 0 Å². The van der Waals surface area contributed by atoms with Crippen LogP contribution < -0.4 is 15.4 Å². The zero-order chi connectivity index (χ0) is 15.2. The van der Waals surface area contributed by atoms with Gasteiger partial charge in [0.1, 0.15) is 5.75 Å². The molecular formula is C17H20N2O2. The molecule has 0 aliphatic carbocycles. The van der Waals surface area contributed by atoms with E-state index in [1.807, 2.05) is 56.3 Å². The van der Waals surface area contributed by atoms with Crippen molar-refractivity contribution < 1.29 is 9.53 Å². The van der Waals surface area contributed by atoms with Gasteiger partial charge in [0.2, 0.25) is 0 Å². The molecular weight excluding hydrogens is 264 g/mol. The Balaban J connectivity index is 1.94. The lowest BCUT2D eigenvalue weighted by Crippen LogP contribution is -2.28. The molecule has 0 saturated carbocycles. The molecule has 0 aromatic heterocycles. The van der Waals surface area contributed by atoms with Crippen molar-refractivity contribution in [3.05, 3.63) is 59.2 Å². The molecule has 0 unspecified atom stereocenters. The number of aryl methyl sites for hydroxylation is 2. The van der Waals surface area contributed by atoms with E-state index in [1.165, 1.54) is 5.56 Å². The number of amides is 2. The summed E-state index contributed by atoms with van der Waals surface area (Å²) in [5.74, 6) is 0.768. The minimum absolute atomic E-state index is 0.232. The van der Waals surface area contributed by atoms with Crippen LogP contribution in [0.1, 0.15) is 16.7 Å². The van der Waals surface area contributed by atoms with Crippen molar-refractivity contribution in [2.24, 2.45) is 0 Å². The van der Waals surface area contributed by atoms with Crippen LogP contribution in [0.5, 0.6) is 5.75 Å². The largest absolute Gasteiger partial charge is 0.496 e. The Morgan fingerprint density at radius 3 is 2.57 bits per heavy atom. The number of carbonyl (C=O) groups is 1. The molecule has 0 radical (unpaired) electrons. The number of benzene rings is 2. The van der Waals surface area contributed by atoms with Gasteiger partial charge in [-0.05, 0) is 43.2 Å². The quantitative estimate of drug-likeness (QED) is 0.900. The van der Waals surface area contributed by atoms with Gasteiger partial charge >= 0.3 is 6.03 Å². The van der Waals surface area contributed by atoms with Gasteiger partial charge in [0.15, 0.2) is 0 Å². The first-order valence-corrected chi connectivity index (χ1v) is 6.84. The maximum absolute atomic E-state index is 11.9. The van der Waals surface area contributed by atoms with Crippen LogP contribution in [0.2, 0.25) is 0 Å². The van der Waals surface area contributed by atoms with Crippen LogP contribution in [0, 0.1) is 13.8 Å². The normalized spacial score (nSPS) is 10.0. The number of hydrogen-bond acceptors (Lipinski definition) is 2. The Morgan fingerprint density at radius 1 is 1.10 bits per heavy atom. The van der Waals surface area contributed by atoms with Gasteiger partial charge in [-0.2, -0.15) is 0 Å². The molecule has 2 aromatic rings. The van der Waals surface area contributed by atoms with Gasteiger partial charge < -0.3 is 15.4 Å². The van der Waals surface area contributed by atoms with Gasteiger partial charge in [-0.25, -0.2) is 4.79 Å². The van der Waals surface area contributed by atoms with Crippen molar-refractivity contribution in [1.82, 2.24) is 5.32 Å². The van der Waals surface area contributed by atoms with Crippen molar-refractivity contribution in [1.29, 1.82) is 0 Å². The third-order valence-corrected chi connectivity index (χ3v) is 3.40. The van der Waals surface area contributed by atoms with Crippen LogP contribution in [0.15, 0.2) is 42.5 Å². The number of rotatable bonds is 4. The number of ether oxygens (including phenoxy) is 1. The van der Waals surface area contributed by atoms with E-state index in [-0.39, 0.29) is 6.03 Å².